The SMILES string of the molecule is CCNC(=S)N/N=C1/CC[C@H]2CCCC[C@H]2C1. The van der Waals surface area contributed by atoms with Crippen molar-refractivity contribution < 1.29 is 0 Å². The van der Waals surface area contributed by atoms with Crippen LogP contribution in [0.15, 0.2) is 5.10 Å². The lowest BCUT2D eigenvalue weighted by molar-refractivity contribution is 0.218. The molecule has 0 unspecified atom stereocenters. The van der Waals surface area contributed by atoms with Crippen LogP contribution in [-0.4, -0.2) is 17.4 Å². The topological polar surface area (TPSA) is 36.4 Å². The number of rotatable bonds is 2. The molecule has 96 valence electrons. The second-order valence-corrected chi connectivity index (χ2v) is 5.60. The van der Waals surface area contributed by atoms with Crippen molar-refractivity contribution in [2.24, 2.45) is 16.9 Å². The minimum absolute atomic E-state index is 0.644. The van der Waals surface area contributed by atoms with E-state index >= 15 is 0 Å². The highest BCUT2D eigenvalue weighted by Crippen LogP contribution is 2.39. The molecule has 4 heteroatoms. The van der Waals surface area contributed by atoms with E-state index in [-0.39, 0.29) is 0 Å². The maximum Gasteiger partial charge on any atom is 0.186 e. The summed E-state index contributed by atoms with van der Waals surface area (Å²) in [5.74, 6) is 1.87. The van der Waals surface area contributed by atoms with Crippen molar-refractivity contribution in [2.75, 3.05) is 6.54 Å². The van der Waals surface area contributed by atoms with E-state index in [9.17, 15) is 0 Å². The number of hydrogen-bond acceptors (Lipinski definition) is 2. The zero-order chi connectivity index (χ0) is 12.1. The Morgan fingerprint density at radius 2 is 2.06 bits per heavy atom. The summed E-state index contributed by atoms with van der Waals surface area (Å²) in [5, 5.41) is 8.15. The Hall–Kier alpha value is -0.640. The van der Waals surface area contributed by atoms with Crippen molar-refractivity contribution in [3.8, 4) is 0 Å². The van der Waals surface area contributed by atoms with Crippen molar-refractivity contribution in [3.63, 3.8) is 0 Å². The van der Waals surface area contributed by atoms with Gasteiger partial charge in [0.05, 0.1) is 0 Å². The third-order valence-electron chi connectivity index (χ3n) is 4.02. The number of hydrazone groups is 1. The van der Waals surface area contributed by atoms with Crippen LogP contribution in [0.25, 0.3) is 0 Å². The van der Waals surface area contributed by atoms with Crippen LogP contribution in [0.4, 0.5) is 0 Å². The van der Waals surface area contributed by atoms with Crippen LogP contribution in [0.1, 0.15) is 51.9 Å². The molecule has 0 aromatic carbocycles. The molecule has 0 spiro atoms. The van der Waals surface area contributed by atoms with E-state index in [4.69, 9.17) is 12.2 Å². The Bertz CT molecular complexity index is 301. The van der Waals surface area contributed by atoms with Gasteiger partial charge < -0.3 is 5.32 Å². The molecule has 2 rings (SSSR count). The van der Waals surface area contributed by atoms with Gasteiger partial charge in [0.15, 0.2) is 5.11 Å². The molecule has 2 saturated carbocycles. The molecule has 2 aliphatic rings. The zero-order valence-electron chi connectivity index (χ0n) is 10.7. The quantitative estimate of drug-likeness (QED) is 0.587. The molecule has 0 heterocycles. The summed E-state index contributed by atoms with van der Waals surface area (Å²) >= 11 is 5.11. The van der Waals surface area contributed by atoms with Gasteiger partial charge in [-0.05, 0) is 56.7 Å². The highest BCUT2D eigenvalue weighted by molar-refractivity contribution is 7.80. The molecule has 2 atom stereocenters. The molecular formula is C13H23N3S. The van der Waals surface area contributed by atoms with Crippen LogP contribution in [0, 0.1) is 11.8 Å². The van der Waals surface area contributed by atoms with E-state index in [2.05, 4.69) is 15.8 Å². The lowest BCUT2D eigenvalue weighted by atomic mass is 9.70. The van der Waals surface area contributed by atoms with Crippen molar-refractivity contribution in [2.45, 2.75) is 51.9 Å². The first kappa shape index (κ1) is 12.8. The van der Waals surface area contributed by atoms with Gasteiger partial charge in [0.2, 0.25) is 0 Å². The summed E-state index contributed by atoms with van der Waals surface area (Å²) in [6.45, 7) is 2.88. The third-order valence-corrected chi connectivity index (χ3v) is 4.26. The van der Waals surface area contributed by atoms with Gasteiger partial charge >= 0.3 is 0 Å². The van der Waals surface area contributed by atoms with E-state index < -0.39 is 0 Å². The molecule has 0 radical (unpaired) electrons. The van der Waals surface area contributed by atoms with E-state index in [1.807, 2.05) is 6.92 Å². The summed E-state index contributed by atoms with van der Waals surface area (Å²) in [6.07, 6.45) is 9.38. The normalized spacial score (nSPS) is 30.8. The van der Waals surface area contributed by atoms with Gasteiger partial charge in [0.25, 0.3) is 0 Å². The maximum absolute atomic E-state index is 5.11. The van der Waals surface area contributed by atoms with Gasteiger partial charge in [-0.1, -0.05) is 19.3 Å². The second kappa shape index (κ2) is 6.34. The molecule has 2 fully saturated rings. The van der Waals surface area contributed by atoms with Gasteiger partial charge in [0.1, 0.15) is 0 Å². The highest BCUT2D eigenvalue weighted by atomic mass is 32.1. The van der Waals surface area contributed by atoms with Crippen molar-refractivity contribution in [3.05, 3.63) is 0 Å². The number of thiocarbonyl (C=S) groups is 1. The number of fused-ring (bicyclic) bond motifs is 1. The Morgan fingerprint density at radius 1 is 1.29 bits per heavy atom. The summed E-state index contributed by atoms with van der Waals surface area (Å²) in [6, 6.07) is 0. The molecule has 0 aliphatic heterocycles. The van der Waals surface area contributed by atoms with Gasteiger partial charge in [-0.15, -0.1) is 0 Å². The standard InChI is InChI=1S/C13H23N3S/c1-2-14-13(17)16-15-12-8-7-10-5-3-4-6-11(10)9-12/h10-11H,2-9H2,1H3,(H2,14,16,17)/b15-12-/t10-,11+/m1/s1. The summed E-state index contributed by atoms with van der Waals surface area (Å²) in [7, 11) is 0. The smallest absolute Gasteiger partial charge is 0.186 e. The van der Waals surface area contributed by atoms with E-state index in [0.717, 1.165) is 24.8 Å². The van der Waals surface area contributed by atoms with Crippen molar-refractivity contribution in [1.29, 1.82) is 0 Å². The summed E-state index contributed by atoms with van der Waals surface area (Å²) in [5.41, 5.74) is 4.27. The molecule has 0 aromatic heterocycles. The van der Waals surface area contributed by atoms with E-state index in [1.165, 1.54) is 44.2 Å². The number of nitrogens with zero attached hydrogens (tertiary/aromatic N) is 1. The van der Waals surface area contributed by atoms with Crippen LogP contribution in [-0.2, 0) is 0 Å². The van der Waals surface area contributed by atoms with Crippen molar-refractivity contribution >= 4 is 23.0 Å². The fourth-order valence-electron chi connectivity index (χ4n) is 3.12. The van der Waals surface area contributed by atoms with Gasteiger partial charge in [-0.2, -0.15) is 5.10 Å². The average molecular weight is 253 g/mol. The molecule has 0 saturated heterocycles. The Labute approximate surface area is 109 Å². The monoisotopic (exact) mass is 253 g/mol. The molecule has 3 nitrogen and oxygen atoms in total. The van der Waals surface area contributed by atoms with Gasteiger partial charge in [-0.25, -0.2) is 0 Å². The lowest BCUT2D eigenvalue weighted by Crippen LogP contribution is -2.34. The minimum atomic E-state index is 0.644. The maximum atomic E-state index is 5.11. The van der Waals surface area contributed by atoms with E-state index in [1.54, 1.807) is 0 Å². The largest absolute Gasteiger partial charge is 0.362 e. The van der Waals surface area contributed by atoms with Crippen LogP contribution >= 0.6 is 12.2 Å². The molecule has 2 N–H and O–H groups in total. The molecule has 2 aliphatic carbocycles. The Morgan fingerprint density at radius 3 is 2.82 bits per heavy atom. The third kappa shape index (κ3) is 3.66. The second-order valence-electron chi connectivity index (χ2n) is 5.20. The van der Waals surface area contributed by atoms with Crippen molar-refractivity contribution in [1.82, 2.24) is 10.7 Å². The fraction of sp³-hybridized carbons (Fsp3) is 0.846. The Balaban J connectivity index is 1.82. The molecular weight excluding hydrogens is 230 g/mol. The molecule has 0 aromatic rings. The number of nitrogens with one attached hydrogen (secondary N) is 2. The first-order valence-corrected chi connectivity index (χ1v) is 7.29. The first-order valence-electron chi connectivity index (χ1n) is 6.89. The predicted octanol–water partition coefficient (Wildman–Crippen LogP) is 2.82. The molecule has 0 amide bonds. The molecule has 17 heavy (non-hydrogen) atoms. The summed E-state index contributed by atoms with van der Waals surface area (Å²) < 4.78 is 0. The fourth-order valence-corrected chi connectivity index (χ4v) is 3.31. The van der Waals surface area contributed by atoms with Gasteiger partial charge in [-0.3, -0.25) is 5.43 Å². The Kier molecular flexibility index (Phi) is 4.77. The molecule has 0 bridgehead atoms. The zero-order valence-corrected chi connectivity index (χ0v) is 11.5. The average Bonchev–Trinajstić information content (AvgIpc) is 2.36. The minimum Gasteiger partial charge on any atom is -0.362 e. The van der Waals surface area contributed by atoms with Crippen LogP contribution in [0.5, 0.6) is 0 Å². The highest BCUT2D eigenvalue weighted by Gasteiger charge is 2.30. The summed E-state index contributed by atoms with van der Waals surface area (Å²) in [4.78, 5) is 0. The van der Waals surface area contributed by atoms with Crippen LogP contribution < -0.4 is 10.7 Å². The lowest BCUT2D eigenvalue weighted by Gasteiger charge is -2.35. The van der Waals surface area contributed by atoms with Gasteiger partial charge in [0, 0.05) is 12.3 Å². The first-order chi connectivity index (χ1) is 8.29. The van der Waals surface area contributed by atoms with Crippen LogP contribution in [0.3, 0.4) is 0 Å². The van der Waals surface area contributed by atoms with E-state index in [0.29, 0.717) is 5.11 Å². The number of hydrogen-bond donors (Lipinski definition) is 2. The van der Waals surface area contributed by atoms with Crippen LogP contribution in [0.2, 0.25) is 0 Å². The predicted molar refractivity (Wildman–Crippen MR) is 76.1 cm³/mol.